The molecule has 0 spiro atoms. The number of fused-ring (bicyclic) bond motifs is 1. The van der Waals surface area contributed by atoms with Gasteiger partial charge in [-0.1, -0.05) is 42.5 Å². The molecule has 1 saturated heterocycles. The topological polar surface area (TPSA) is 187 Å². The van der Waals surface area contributed by atoms with E-state index in [1.807, 2.05) is 6.07 Å². The Morgan fingerprint density at radius 1 is 0.944 bits per heavy atom. The Hall–Kier alpha value is -4.16. The zero-order valence-electron chi connectivity index (χ0n) is 19.0. The number of aliphatic carboxylic acids is 1. The van der Waals surface area contributed by atoms with Crippen LogP contribution < -0.4 is 11.1 Å². The third-order valence-electron chi connectivity index (χ3n) is 5.49. The first-order chi connectivity index (χ1) is 17.0. The van der Waals surface area contributed by atoms with Crippen molar-refractivity contribution in [3.05, 3.63) is 82.6 Å². The molecule has 2 aliphatic rings. The Labute approximate surface area is 209 Å². The van der Waals surface area contributed by atoms with Crippen LogP contribution in [0.3, 0.4) is 0 Å². The van der Waals surface area contributed by atoms with E-state index >= 15 is 0 Å². The minimum Gasteiger partial charge on any atom is -0.478 e. The highest BCUT2D eigenvalue weighted by atomic mass is 32.2. The van der Waals surface area contributed by atoms with Gasteiger partial charge in [0.15, 0.2) is 0 Å². The van der Waals surface area contributed by atoms with E-state index in [0.29, 0.717) is 16.9 Å². The fourth-order valence-electron chi connectivity index (χ4n) is 3.69. The maximum absolute atomic E-state index is 12.3. The minimum atomic E-state index is -1.23. The molecule has 0 radical (unpaired) electrons. The number of aromatic carboxylic acids is 2. The molecule has 3 atom stereocenters. The van der Waals surface area contributed by atoms with Crippen LogP contribution in [0.2, 0.25) is 0 Å². The number of nitrogens with zero attached hydrogens (tertiary/aromatic N) is 1. The molecule has 2 aromatic rings. The third kappa shape index (κ3) is 5.39. The summed E-state index contributed by atoms with van der Waals surface area (Å²) in [7, 11) is 0. The Bertz CT molecular complexity index is 1210. The van der Waals surface area contributed by atoms with E-state index in [0.717, 1.165) is 0 Å². The van der Waals surface area contributed by atoms with Gasteiger partial charge in [-0.3, -0.25) is 14.5 Å². The van der Waals surface area contributed by atoms with Crippen LogP contribution in [0.5, 0.6) is 0 Å². The number of benzene rings is 2. The van der Waals surface area contributed by atoms with Gasteiger partial charge >= 0.3 is 17.9 Å². The molecule has 6 N–H and O–H groups in total. The summed E-state index contributed by atoms with van der Waals surface area (Å²) in [6, 6.07) is 12.7. The largest absolute Gasteiger partial charge is 0.478 e. The van der Waals surface area contributed by atoms with Crippen LogP contribution in [0.25, 0.3) is 0 Å². The van der Waals surface area contributed by atoms with Gasteiger partial charge in [0.05, 0.1) is 11.1 Å². The average Bonchev–Trinajstić information content (AvgIpc) is 2.87. The number of carboxylic acid groups (broad SMARTS) is 3. The van der Waals surface area contributed by atoms with Crippen molar-refractivity contribution in [2.75, 3.05) is 5.75 Å². The molecule has 12 heteroatoms. The maximum atomic E-state index is 12.3. The van der Waals surface area contributed by atoms with Crippen molar-refractivity contribution in [2.45, 2.75) is 24.4 Å². The van der Waals surface area contributed by atoms with Gasteiger partial charge in [0, 0.05) is 5.75 Å². The number of amides is 2. The summed E-state index contributed by atoms with van der Waals surface area (Å²) in [4.78, 5) is 58.1. The van der Waals surface area contributed by atoms with Crippen molar-refractivity contribution in [2.24, 2.45) is 5.73 Å². The summed E-state index contributed by atoms with van der Waals surface area (Å²) < 4.78 is 0. The smallest absolute Gasteiger partial charge is 0.352 e. The fraction of sp³-hybridized carbons (Fsp3) is 0.208. The molecule has 0 bridgehead atoms. The highest BCUT2D eigenvalue weighted by molar-refractivity contribution is 8.00. The van der Waals surface area contributed by atoms with E-state index in [1.165, 1.54) is 40.9 Å². The first-order valence-corrected chi connectivity index (χ1v) is 11.6. The van der Waals surface area contributed by atoms with Crippen molar-refractivity contribution in [1.29, 1.82) is 0 Å². The first kappa shape index (κ1) is 26.4. The zero-order valence-corrected chi connectivity index (χ0v) is 19.8. The molecule has 2 amide bonds. The van der Waals surface area contributed by atoms with E-state index in [1.54, 1.807) is 31.2 Å². The number of nitrogens with one attached hydrogen (secondary N) is 1. The molecule has 2 aliphatic heterocycles. The van der Waals surface area contributed by atoms with Gasteiger partial charge in [-0.25, -0.2) is 14.4 Å². The number of β-lactam (4-membered cyclic amide) rings is 1. The van der Waals surface area contributed by atoms with E-state index in [2.05, 4.69) is 5.32 Å². The summed E-state index contributed by atoms with van der Waals surface area (Å²) in [5.41, 5.74) is 6.86. The van der Waals surface area contributed by atoms with Crippen LogP contribution in [-0.4, -0.2) is 67.1 Å². The lowest BCUT2D eigenvalue weighted by Gasteiger charge is -2.49. The number of hydrogen-bond donors (Lipinski definition) is 5. The van der Waals surface area contributed by atoms with Gasteiger partial charge in [0.1, 0.15) is 23.2 Å². The van der Waals surface area contributed by atoms with Crippen LogP contribution in [0.15, 0.2) is 65.9 Å². The Kier molecular flexibility index (Phi) is 8.12. The second-order valence-corrected chi connectivity index (χ2v) is 8.98. The molecule has 11 nitrogen and oxygen atoms in total. The number of carboxylic acids is 3. The van der Waals surface area contributed by atoms with Crippen molar-refractivity contribution >= 4 is 41.5 Å². The molecule has 0 aromatic heterocycles. The van der Waals surface area contributed by atoms with E-state index in [9.17, 15) is 29.1 Å². The lowest BCUT2D eigenvalue weighted by atomic mass is 10.0. The van der Waals surface area contributed by atoms with E-state index in [-0.39, 0.29) is 16.8 Å². The molecule has 4 rings (SSSR count). The molecule has 0 saturated carbocycles. The molecule has 1 fully saturated rings. The van der Waals surface area contributed by atoms with Gasteiger partial charge in [0.2, 0.25) is 5.91 Å². The summed E-state index contributed by atoms with van der Waals surface area (Å²) in [5.74, 6) is -3.95. The summed E-state index contributed by atoms with van der Waals surface area (Å²) in [6.45, 7) is 1.69. The molecule has 1 unspecified atom stereocenters. The lowest BCUT2D eigenvalue weighted by Crippen LogP contribution is -2.71. The van der Waals surface area contributed by atoms with Gasteiger partial charge in [-0.2, -0.15) is 0 Å². The Balaban J connectivity index is 0.000000253. The van der Waals surface area contributed by atoms with E-state index in [4.69, 9.17) is 15.9 Å². The molecule has 0 aliphatic carbocycles. The van der Waals surface area contributed by atoms with Crippen LogP contribution in [0, 0.1) is 0 Å². The van der Waals surface area contributed by atoms with Crippen LogP contribution >= 0.6 is 11.8 Å². The van der Waals surface area contributed by atoms with Gasteiger partial charge in [0.25, 0.3) is 5.91 Å². The van der Waals surface area contributed by atoms with Crippen molar-refractivity contribution in [3.8, 4) is 0 Å². The number of rotatable bonds is 6. The summed E-state index contributed by atoms with van der Waals surface area (Å²) >= 11 is 1.43. The molecular formula is C24H23N3O8S. The SMILES string of the molecule is CC1=C(C(=O)O)N2C(=O)[C@@H](NC(=O)C(N)c3ccccc3)[C@H]2SC1.O=C(O)c1ccccc1C(=O)O. The summed E-state index contributed by atoms with van der Waals surface area (Å²) in [5, 5.41) is 28.6. The van der Waals surface area contributed by atoms with Gasteiger partial charge in [-0.05, 0) is 30.2 Å². The quantitative estimate of drug-likeness (QED) is 0.354. The summed E-state index contributed by atoms with van der Waals surface area (Å²) in [6.07, 6.45) is 0. The normalized spacial score (nSPS) is 19.2. The lowest BCUT2D eigenvalue weighted by molar-refractivity contribution is -0.150. The highest BCUT2D eigenvalue weighted by Crippen LogP contribution is 2.40. The molecule has 2 aromatic carbocycles. The minimum absolute atomic E-state index is 0.0154. The number of carbonyl (C=O) groups is 5. The highest BCUT2D eigenvalue weighted by Gasteiger charge is 2.53. The Morgan fingerprint density at radius 3 is 1.97 bits per heavy atom. The zero-order chi connectivity index (χ0) is 26.6. The number of carbonyl (C=O) groups excluding carboxylic acids is 2. The third-order valence-corrected chi connectivity index (χ3v) is 6.91. The number of thioether (sulfide) groups is 1. The molecule has 2 heterocycles. The first-order valence-electron chi connectivity index (χ1n) is 10.6. The van der Waals surface area contributed by atoms with E-state index < -0.39 is 47.2 Å². The van der Waals surface area contributed by atoms with Crippen LogP contribution in [0.4, 0.5) is 0 Å². The maximum Gasteiger partial charge on any atom is 0.352 e. The predicted molar refractivity (Wildman–Crippen MR) is 129 cm³/mol. The fourth-order valence-corrected chi connectivity index (χ4v) is 4.98. The Morgan fingerprint density at radius 2 is 1.47 bits per heavy atom. The second-order valence-electron chi connectivity index (χ2n) is 7.87. The van der Waals surface area contributed by atoms with Crippen molar-refractivity contribution in [1.82, 2.24) is 10.2 Å². The number of nitrogens with two attached hydrogens (primary N) is 1. The standard InChI is InChI=1S/C16H17N3O4S.C8H6O4/c1-8-7-24-15-11(14(21)19(15)12(8)16(22)23)18-13(20)10(17)9-5-3-2-4-6-9;9-7(10)5-3-1-2-4-6(5)8(11)12/h2-6,10-11,15H,7,17H2,1H3,(H,18,20)(H,22,23);1-4H,(H,9,10)(H,11,12)/t10?,11-,15-;/m1./s1. The predicted octanol–water partition coefficient (Wildman–Crippen LogP) is 1.53. The second kappa shape index (κ2) is 11.1. The monoisotopic (exact) mass is 513 g/mol. The average molecular weight is 514 g/mol. The molecular weight excluding hydrogens is 490 g/mol. The molecule has 36 heavy (non-hydrogen) atoms. The van der Waals surface area contributed by atoms with Gasteiger partial charge in [-0.15, -0.1) is 11.8 Å². The van der Waals surface area contributed by atoms with Crippen molar-refractivity contribution in [3.63, 3.8) is 0 Å². The van der Waals surface area contributed by atoms with Crippen molar-refractivity contribution < 1.29 is 39.3 Å². The van der Waals surface area contributed by atoms with Crippen LogP contribution in [0.1, 0.15) is 39.2 Å². The van der Waals surface area contributed by atoms with Crippen LogP contribution in [-0.2, 0) is 14.4 Å². The van der Waals surface area contributed by atoms with Gasteiger partial charge < -0.3 is 26.4 Å². The molecule has 188 valence electrons. The number of hydrogen-bond acceptors (Lipinski definition) is 7.